The highest BCUT2D eigenvalue weighted by Gasteiger charge is 2.36. The van der Waals surface area contributed by atoms with E-state index in [0.29, 0.717) is 5.56 Å². The summed E-state index contributed by atoms with van der Waals surface area (Å²) >= 11 is 6.05. The van der Waals surface area contributed by atoms with E-state index in [-0.39, 0.29) is 32.4 Å². The van der Waals surface area contributed by atoms with Gasteiger partial charge in [-0.3, -0.25) is 24.0 Å². The first-order valence-electron chi connectivity index (χ1n) is 9.80. The van der Waals surface area contributed by atoms with Crippen molar-refractivity contribution < 1.29 is 22.8 Å². The molecule has 0 radical (unpaired) electrons. The van der Waals surface area contributed by atoms with Gasteiger partial charge in [0.1, 0.15) is 6.54 Å². The summed E-state index contributed by atoms with van der Waals surface area (Å²) in [6.45, 7) is 1.12. The Balaban J connectivity index is 1.51. The Kier molecular flexibility index (Phi) is 5.92. The van der Waals surface area contributed by atoms with E-state index < -0.39 is 34.3 Å². The van der Waals surface area contributed by atoms with Crippen LogP contribution in [0.2, 0.25) is 5.02 Å². The number of nitrogens with zero attached hydrogens (tertiary/aromatic N) is 1. The third-order valence-corrected chi connectivity index (χ3v) is 6.90. The number of nitrogens with one attached hydrogen (secondary N) is 2. The van der Waals surface area contributed by atoms with Crippen LogP contribution < -0.4 is 10.0 Å². The van der Waals surface area contributed by atoms with E-state index in [1.807, 2.05) is 0 Å². The molecule has 168 valence electrons. The van der Waals surface area contributed by atoms with Crippen LogP contribution in [0.4, 0.5) is 11.4 Å². The molecule has 0 spiro atoms. The molecule has 3 amide bonds. The second-order valence-corrected chi connectivity index (χ2v) is 9.41. The summed E-state index contributed by atoms with van der Waals surface area (Å²) in [5, 5.41) is 2.79. The fourth-order valence-electron chi connectivity index (χ4n) is 3.44. The standard InChI is InChI=1S/C23H18ClN3O5S/c1-14-10-11-15(12-20(14)33(31,32)26-19-9-5-4-8-18(19)24)25-21(28)13-27-22(29)16-6-2-3-7-17(16)23(27)30/h2-12,26H,13H2,1H3,(H,25,28). The van der Waals surface area contributed by atoms with Gasteiger partial charge in [0, 0.05) is 5.69 Å². The fraction of sp³-hybridized carbons (Fsp3) is 0.0870. The number of carbonyl (C=O) groups is 3. The highest BCUT2D eigenvalue weighted by atomic mass is 35.5. The van der Waals surface area contributed by atoms with Crippen LogP contribution >= 0.6 is 11.6 Å². The Morgan fingerprint density at radius 1 is 0.939 bits per heavy atom. The lowest BCUT2D eigenvalue weighted by Crippen LogP contribution is -2.37. The summed E-state index contributed by atoms with van der Waals surface area (Å²) in [5.74, 6) is -1.75. The molecular formula is C23H18ClN3O5S. The molecule has 0 saturated heterocycles. The maximum atomic E-state index is 12.9. The van der Waals surface area contributed by atoms with Gasteiger partial charge in [0.05, 0.1) is 26.7 Å². The largest absolute Gasteiger partial charge is 0.324 e. The minimum absolute atomic E-state index is 0.0547. The molecule has 1 aliphatic heterocycles. The number of sulfonamides is 1. The molecule has 0 unspecified atom stereocenters. The predicted octanol–water partition coefficient (Wildman–Crippen LogP) is 3.68. The van der Waals surface area contributed by atoms with Crippen LogP contribution in [0.25, 0.3) is 0 Å². The van der Waals surface area contributed by atoms with Crippen molar-refractivity contribution in [2.75, 3.05) is 16.6 Å². The van der Waals surface area contributed by atoms with Crippen LogP contribution in [0, 0.1) is 6.92 Å². The first-order chi connectivity index (χ1) is 15.7. The molecule has 1 aliphatic rings. The highest BCUT2D eigenvalue weighted by Crippen LogP contribution is 2.27. The number of carbonyl (C=O) groups excluding carboxylic acids is 3. The molecular weight excluding hydrogens is 466 g/mol. The molecule has 4 rings (SSSR count). The van der Waals surface area contributed by atoms with Crippen LogP contribution in [-0.4, -0.2) is 37.6 Å². The topological polar surface area (TPSA) is 113 Å². The third-order valence-electron chi connectivity index (χ3n) is 5.06. The maximum absolute atomic E-state index is 12.9. The smallest absolute Gasteiger partial charge is 0.262 e. The van der Waals surface area contributed by atoms with Crippen molar-refractivity contribution in [3.63, 3.8) is 0 Å². The normalized spacial score (nSPS) is 13.1. The molecule has 0 saturated carbocycles. The number of imide groups is 1. The lowest BCUT2D eigenvalue weighted by Gasteiger charge is -2.15. The zero-order chi connectivity index (χ0) is 23.8. The molecule has 0 aliphatic carbocycles. The summed E-state index contributed by atoms with van der Waals surface area (Å²) in [6.07, 6.45) is 0. The fourth-order valence-corrected chi connectivity index (χ4v) is 5.03. The van der Waals surface area contributed by atoms with Gasteiger partial charge < -0.3 is 5.32 Å². The molecule has 0 bridgehead atoms. The van der Waals surface area contributed by atoms with E-state index in [2.05, 4.69) is 10.0 Å². The summed E-state index contributed by atoms with van der Waals surface area (Å²) < 4.78 is 28.3. The van der Waals surface area contributed by atoms with Crippen molar-refractivity contribution in [3.05, 3.63) is 88.4 Å². The summed E-state index contributed by atoms with van der Waals surface area (Å²) in [4.78, 5) is 38.3. The summed E-state index contributed by atoms with van der Waals surface area (Å²) in [7, 11) is -4.01. The van der Waals surface area contributed by atoms with Gasteiger partial charge in [0.15, 0.2) is 0 Å². The van der Waals surface area contributed by atoms with Crippen molar-refractivity contribution in [2.45, 2.75) is 11.8 Å². The van der Waals surface area contributed by atoms with Crippen LogP contribution in [0.5, 0.6) is 0 Å². The number of benzene rings is 3. The minimum atomic E-state index is -4.01. The number of fused-ring (bicyclic) bond motifs is 1. The van der Waals surface area contributed by atoms with Gasteiger partial charge >= 0.3 is 0 Å². The van der Waals surface area contributed by atoms with Crippen LogP contribution in [0.1, 0.15) is 26.3 Å². The Hall–Kier alpha value is -3.69. The molecule has 3 aromatic rings. The number of para-hydroxylation sites is 1. The zero-order valence-electron chi connectivity index (χ0n) is 17.3. The monoisotopic (exact) mass is 483 g/mol. The van der Waals surface area contributed by atoms with Gasteiger partial charge in [-0.25, -0.2) is 8.42 Å². The average Bonchev–Trinajstić information content (AvgIpc) is 3.01. The van der Waals surface area contributed by atoms with Gasteiger partial charge in [-0.15, -0.1) is 0 Å². The van der Waals surface area contributed by atoms with Crippen molar-refractivity contribution >= 4 is 50.7 Å². The number of halogens is 1. The number of amides is 3. The second-order valence-electron chi connectivity index (χ2n) is 7.36. The highest BCUT2D eigenvalue weighted by molar-refractivity contribution is 7.92. The Labute approximate surface area is 195 Å². The SMILES string of the molecule is Cc1ccc(NC(=O)CN2C(=O)c3ccccc3C2=O)cc1S(=O)(=O)Nc1ccccc1Cl. The Morgan fingerprint density at radius 3 is 2.18 bits per heavy atom. The molecule has 10 heteroatoms. The maximum Gasteiger partial charge on any atom is 0.262 e. The van der Waals surface area contributed by atoms with E-state index >= 15 is 0 Å². The quantitative estimate of drug-likeness (QED) is 0.519. The third kappa shape index (κ3) is 4.46. The molecule has 1 heterocycles. The molecule has 0 fully saturated rings. The second kappa shape index (κ2) is 8.68. The van der Waals surface area contributed by atoms with Gasteiger partial charge in [0.2, 0.25) is 5.91 Å². The average molecular weight is 484 g/mol. The number of aryl methyl sites for hydroxylation is 1. The number of anilines is 2. The number of hydrogen-bond acceptors (Lipinski definition) is 5. The van der Waals surface area contributed by atoms with E-state index in [1.165, 1.54) is 30.3 Å². The van der Waals surface area contributed by atoms with Crippen LogP contribution in [0.3, 0.4) is 0 Å². The van der Waals surface area contributed by atoms with Gasteiger partial charge in [-0.1, -0.05) is 41.9 Å². The lowest BCUT2D eigenvalue weighted by molar-refractivity contribution is -0.116. The van der Waals surface area contributed by atoms with Gasteiger partial charge in [-0.2, -0.15) is 0 Å². The van der Waals surface area contributed by atoms with E-state index in [0.717, 1.165) is 4.90 Å². The first-order valence-corrected chi connectivity index (χ1v) is 11.7. The number of rotatable bonds is 6. The van der Waals surface area contributed by atoms with E-state index in [1.54, 1.807) is 43.3 Å². The summed E-state index contributed by atoms with van der Waals surface area (Å²) in [6, 6.07) is 17.1. The van der Waals surface area contributed by atoms with Gasteiger partial charge in [0.25, 0.3) is 21.8 Å². The van der Waals surface area contributed by atoms with Crippen molar-refractivity contribution in [3.8, 4) is 0 Å². The number of hydrogen-bond donors (Lipinski definition) is 2. The van der Waals surface area contributed by atoms with E-state index in [9.17, 15) is 22.8 Å². The minimum Gasteiger partial charge on any atom is -0.324 e. The first kappa shape index (κ1) is 22.5. The molecule has 8 nitrogen and oxygen atoms in total. The molecule has 3 aromatic carbocycles. The van der Waals surface area contributed by atoms with Crippen molar-refractivity contribution in [2.24, 2.45) is 0 Å². The lowest BCUT2D eigenvalue weighted by atomic mass is 10.1. The zero-order valence-corrected chi connectivity index (χ0v) is 18.9. The molecule has 0 aromatic heterocycles. The molecule has 33 heavy (non-hydrogen) atoms. The van der Waals surface area contributed by atoms with Crippen LogP contribution in [-0.2, 0) is 14.8 Å². The predicted molar refractivity (Wildman–Crippen MR) is 124 cm³/mol. The van der Waals surface area contributed by atoms with Crippen LogP contribution in [0.15, 0.2) is 71.6 Å². The van der Waals surface area contributed by atoms with Gasteiger partial charge in [-0.05, 0) is 48.9 Å². The van der Waals surface area contributed by atoms with Crippen molar-refractivity contribution in [1.82, 2.24) is 4.90 Å². The van der Waals surface area contributed by atoms with E-state index in [4.69, 9.17) is 11.6 Å². The molecule has 2 N–H and O–H groups in total. The van der Waals surface area contributed by atoms with Crippen molar-refractivity contribution in [1.29, 1.82) is 0 Å². The summed E-state index contributed by atoms with van der Waals surface area (Å²) in [5.41, 5.74) is 1.35. The Morgan fingerprint density at radius 2 is 1.55 bits per heavy atom. The Bertz CT molecular complexity index is 1370. The molecule has 0 atom stereocenters.